The first-order chi connectivity index (χ1) is 10.6. The highest BCUT2D eigenvalue weighted by Gasteiger charge is 2.23. The fraction of sp³-hybridized carbons (Fsp3) is 0.375. The summed E-state index contributed by atoms with van der Waals surface area (Å²) in [5, 5.41) is 4.20. The molecule has 5 nitrogen and oxygen atoms in total. The standard InChI is InChI=1S/C16H20ClN5/c1-21(2)15-7-9-18-16(20-15)19-13-8-10-22(11-13)14-5-3-12(17)4-6-14/h3-7,9,13H,8,10-11H2,1-2H3,(H,18,19,20). The van der Waals surface area contributed by atoms with Gasteiger partial charge in [0.05, 0.1) is 0 Å². The van der Waals surface area contributed by atoms with Gasteiger partial charge < -0.3 is 15.1 Å². The lowest BCUT2D eigenvalue weighted by atomic mass is 10.3. The first-order valence-electron chi connectivity index (χ1n) is 7.39. The first kappa shape index (κ1) is 14.9. The van der Waals surface area contributed by atoms with E-state index in [4.69, 9.17) is 11.6 Å². The molecule has 1 fully saturated rings. The molecule has 1 aromatic heterocycles. The second-order valence-electron chi connectivity index (χ2n) is 5.69. The quantitative estimate of drug-likeness (QED) is 0.939. The zero-order valence-electron chi connectivity index (χ0n) is 12.8. The first-order valence-corrected chi connectivity index (χ1v) is 7.77. The van der Waals surface area contributed by atoms with Gasteiger partial charge in [-0.15, -0.1) is 0 Å². The summed E-state index contributed by atoms with van der Waals surface area (Å²) in [5.74, 6) is 1.60. The normalized spacial score (nSPS) is 17.6. The van der Waals surface area contributed by atoms with Crippen molar-refractivity contribution in [1.29, 1.82) is 0 Å². The van der Waals surface area contributed by atoms with Crippen LogP contribution in [0.25, 0.3) is 0 Å². The summed E-state index contributed by atoms with van der Waals surface area (Å²) in [5.41, 5.74) is 1.21. The Bertz CT molecular complexity index is 629. The molecule has 6 heteroatoms. The average Bonchev–Trinajstić information content (AvgIpc) is 2.96. The van der Waals surface area contributed by atoms with Gasteiger partial charge >= 0.3 is 0 Å². The van der Waals surface area contributed by atoms with E-state index in [-0.39, 0.29) is 0 Å². The molecule has 2 heterocycles. The van der Waals surface area contributed by atoms with E-state index < -0.39 is 0 Å². The second kappa shape index (κ2) is 6.40. The molecule has 0 amide bonds. The molecule has 0 spiro atoms. The lowest BCUT2D eigenvalue weighted by Crippen LogP contribution is -2.27. The molecule has 1 N–H and O–H groups in total. The number of halogens is 1. The monoisotopic (exact) mass is 317 g/mol. The Morgan fingerprint density at radius 3 is 2.73 bits per heavy atom. The number of benzene rings is 1. The van der Waals surface area contributed by atoms with E-state index in [1.165, 1.54) is 5.69 Å². The third kappa shape index (κ3) is 3.42. The molecule has 0 radical (unpaired) electrons. The Balaban J connectivity index is 1.63. The second-order valence-corrected chi connectivity index (χ2v) is 6.12. The van der Waals surface area contributed by atoms with Crippen LogP contribution in [0.2, 0.25) is 5.02 Å². The van der Waals surface area contributed by atoms with Gasteiger partial charge in [-0.1, -0.05) is 11.6 Å². The molecule has 1 unspecified atom stereocenters. The molecule has 2 aromatic rings. The minimum absolute atomic E-state index is 0.355. The Morgan fingerprint density at radius 1 is 1.23 bits per heavy atom. The summed E-state index contributed by atoms with van der Waals surface area (Å²) in [6.45, 7) is 1.96. The lowest BCUT2D eigenvalue weighted by molar-refractivity contribution is 0.791. The summed E-state index contributed by atoms with van der Waals surface area (Å²) in [6, 6.07) is 10.2. The predicted molar refractivity (Wildman–Crippen MR) is 92.1 cm³/mol. The maximum atomic E-state index is 5.94. The van der Waals surface area contributed by atoms with Crippen molar-refractivity contribution in [3.8, 4) is 0 Å². The summed E-state index contributed by atoms with van der Waals surface area (Å²) in [4.78, 5) is 13.1. The largest absolute Gasteiger partial charge is 0.369 e. The lowest BCUT2D eigenvalue weighted by Gasteiger charge is -2.19. The molecule has 3 rings (SSSR count). The molecule has 22 heavy (non-hydrogen) atoms. The van der Waals surface area contributed by atoms with Crippen LogP contribution in [0.1, 0.15) is 6.42 Å². The summed E-state index contributed by atoms with van der Waals surface area (Å²) < 4.78 is 0. The van der Waals surface area contributed by atoms with Gasteiger partial charge in [-0.3, -0.25) is 0 Å². The highest BCUT2D eigenvalue weighted by atomic mass is 35.5. The number of nitrogens with one attached hydrogen (secondary N) is 1. The van der Waals surface area contributed by atoms with Gasteiger partial charge in [0.1, 0.15) is 5.82 Å². The van der Waals surface area contributed by atoms with Crippen LogP contribution in [-0.2, 0) is 0 Å². The van der Waals surface area contributed by atoms with Crippen LogP contribution >= 0.6 is 11.6 Å². The van der Waals surface area contributed by atoms with Crippen molar-refractivity contribution in [1.82, 2.24) is 9.97 Å². The van der Waals surface area contributed by atoms with Gasteiger partial charge in [0.15, 0.2) is 0 Å². The molecular formula is C16H20ClN5. The van der Waals surface area contributed by atoms with Gasteiger partial charge in [0.2, 0.25) is 5.95 Å². The molecule has 1 aliphatic rings. The van der Waals surface area contributed by atoms with Crippen LogP contribution in [-0.4, -0.2) is 43.2 Å². The average molecular weight is 318 g/mol. The zero-order valence-corrected chi connectivity index (χ0v) is 13.6. The van der Waals surface area contributed by atoms with E-state index in [0.29, 0.717) is 12.0 Å². The van der Waals surface area contributed by atoms with E-state index in [9.17, 15) is 0 Å². The Labute approximate surface area is 135 Å². The summed E-state index contributed by atoms with van der Waals surface area (Å²) >= 11 is 5.94. The number of rotatable bonds is 4. The summed E-state index contributed by atoms with van der Waals surface area (Å²) in [6.07, 6.45) is 2.86. The number of hydrogen-bond acceptors (Lipinski definition) is 5. The molecule has 1 atom stereocenters. The van der Waals surface area contributed by atoms with Crippen LogP contribution in [0, 0.1) is 0 Å². The van der Waals surface area contributed by atoms with Crippen molar-refractivity contribution >= 4 is 29.1 Å². The van der Waals surface area contributed by atoms with E-state index in [0.717, 1.165) is 30.4 Å². The van der Waals surface area contributed by atoms with Crippen LogP contribution in [0.4, 0.5) is 17.5 Å². The maximum Gasteiger partial charge on any atom is 0.224 e. The molecule has 0 bridgehead atoms. The van der Waals surface area contributed by atoms with Gasteiger partial charge in [0, 0.05) is 50.1 Å². The van der Waals surface area contributed by atoms with Crippen molar-refractivity contribution in [3.05, 3.63) is 41.6 Å². The maximum absolute atomic E-state index is 5.94. The highest BCUT2D eigenvalue weighted by molar-refractivity contribution is 6.30. The molecule has 1 saturated heterocycles. The topological polar surface area (TPSA) is 44.3 Å². The fourth-order valence-corrected chi connectivity index (χ4v) is 2.74. The van der Waals surface area contributed by atoms with Crippen LogP contribution in [0.3, 0.4) is 0 Å². The molecule has 116 valence electrons. The fourth-order valence-electron chi connectivity index (χ4n) is 2.61. The number of hydrogen-bond donors (Lipinski definition) is 1. The van der Waals surface area contributed by atoms with Crippen molar-refractivity contribution < 1.29 is 0 Å². The third-order valence-corrected chi connectivity index (χ3v) is 4.06. The number of nitrogens with zero attached hydrogens (tertiary/aromatic N) is 4. The van der Waals surface area contributed by atoms with Crippen LogP contribution in [0.15, 0.2) is 36.5 Å². The third-order valence-electron chi connectivity index (χ3n) is 3.81. The Hall–Kier alpha value is -2.01. The predicted octanol–water partition coefficient (Wildman–Crippen LogP) is 2.89. The SMILES string of the molecule is CN(C)c1ccnc(NC2CCN(c3ccc(Cl)cc3)C2)n1. The van der Waals surface area contributed by atoms with Crippen molar-refractivity contribution in [2.75, 3.05) is 42.3 Å². The minimum Gasteiger partial charge on any atom is -0.369 e. The van der Waals surface area contributed by atoms with Crippen molar-refractivity contribution in [3.63, 3.8) is 0 Å². The van der Waals surface area contributed by atoms with E-state index in [1.807, 2.05) is 37.2 Å². The van der Waals surface area contributed by atoms with E-state index in [2.05, 4.69) is 32.3 Å². The summed E-state index contributed by atoms with van der Waals surface area (Å²) in [7, 11) is 3.95. The van der Waals surface area contributed by atoms with Gasteiger partial charge in [0.25, 0.3) is 0 Å². The molecule has 0 saturated carbocycles. The van der Waals surface area contributed by atoms with Crippen LogP contribution < -0.4 is 15.1 Å². The Kier molecular flexibility index (Phi) is 4.34. The molecule has 1 aromatic carbocycles. The van der Waals surface area contributed by atoms with E-state index in [1.54, 1.807) is 6.20 Å². The van der Waals surface area contributed by atoms with Crippen molar-refractivity contribution in [2.45, 2.75) is 12.5 Å². The zero-order chi connectivity index (χ0) is 15.5. The molecular weight excluding hydrogens is 298 g/mol. The smallest absolute Gasteiger partial charge is 0.224 e. The van der Waals surface area contributed by atoms with Crippen molar-refractivity contribution in [2.24, 2.45) is 0 Å². The number of aromatic nitrogens is 2. The van der Waals surface area contributed by atoms with Gasteiger partial charge in [-0.2, -0.15) is 4.98 Å². The van der Waals surface area contributed by atoms with E-state index >= 15 is 0 Å². The minimum atomic E-state index is 0.355. The highest BCUT2D eigenvalue weighted by Crippen LogP contribution is 2.23. The molecule has 0 aliphatic carbocycles. The van der Waals surface area contributed by atoms with Crippen LogP contribution in [0.5, 0.6) is 0 Å². The molecule has 1 aliphatic heterocycles. The van der Waals surface area contributed by atoms with Gasteiger partial charge in [-0.05, 0) is 36.8 Å². The number of anilines is 3. The Morgan fingerprint density at radius 2 is 2.00 bits per heavy atom. The van der Waals surface area contributed by atoms with Gasteiger partial charge in [-0.25, -0.2) is 4.98 Å².